The summed E-state index contributed by atoms with van der Waals surface area (Å²) in [6.45, 7) is 5.23. The van der Waals surface area contributed by atoms with E-state index in [9.17, 15) is 0 Å². The van der Waals surface area contributed by atoms with Gasteiger partial charge in [-0.15, -0.1) is 0 Å². The van der Waals surface area contributed by atoms with E-state index in [4.69, 9.17) is 5.26 Å². The van der Waals surface area contributed by atoms with Crippen molar-refractivity contribution in [3.8, 4) is 6.07 Å². The monoisotopic (exact) mass is 307 g/mol. The third-order valence-electron chi connectivity index (χ3n) is 4.22. The van der Waals surface area contributed by atoms with Crippen molar-refractivity contribution in [3.05, 3.63) is 53.5 Å². The standard InChI is InChI=1S/C18H21N5/c1-14-3-2-4-15(11-14)13-23-9-5-16(6-10-23)22-18-17(12-19)20-7-8-21-18/h2-4,7-8,11,16H,5-6,9-10,13H2,1H3,(H,21,22). The van der Waals surface area contributed by atoms with Crippen LogP contribution in [0.3, 0.4) is 0 Å². The van der Waals surface area contributed by atoms with Crippen molar-refractivity contribution in [2.45, 2.75) is 32.4 Å². The first-order valence-corrected chi connectivity index (χ1v) is 8.00. The summed E-state index contributed by atoms with van der Waals surface area (Å²) < 4.78 is 0. The Kier molecular flexibility index (Phi) is 4.84. The predicted molar refractivity (Wildman–Crippen MR) is 89.8 cm³/mol. The molecule has 1 saturated heterocycles. The molecule has 2 heterocycles. The van der Waals surface area contributed by atoms with Crippen molar-refractivity contribution >= 4 is 5.82 Å². The molecule has 2 aromatic rings. The van der Waals surface area contributed by atoms with E-state index in [2.05, 4.69) is 57.4 Å². The van der Waals surface area contributed by atoms with Crippen molar-refractivity contribution in [1.82, 2.24) is 14.9 Å². The maximum atomic E-state index is 9.08. The summed E-state index contributed by atoms with van der Waals surface area (Å²) in [6.07, 6.45) is 5.27. The van der Waals surface area contributed by atoms with E-state index in [1.54, 1.807) is 12.4 Å². The molecule has 5 nitrogen and oxygen atoms in total. The highest BCUT2D eigenvalue weighted by atomic mass is 15.1. The minimum atomic E-state index is 0.354. The van der Waals surface area contributed by atoms with Gasteiger partial charge in [-0.25, -0.2) is 9.97 Å². The lowest BCUT2D eigenvalue weighted by Crippen LogP contribution is -2.39. The van der Waals surface area contributed by atoms with Gasteiger partial charge in [-0.05, 0) is 25.3 Å². The number of likely N-dealkylation sites (tertiary alicyclic amines) is 1. The van der Waals surface area contributed by atoms with Crippen molar-refractivity contribution < 1.29 is 0 Å². The molecule has 0 aliphatic carbocycles. The summed E-state index contributed by atoms with van der Waals surface area (Å²) in [5, 5.41) is 12.4. The summed E-state index contributed by atoms with van der Waals surface area (Å²) in [5.41, 5.74) is 3.05. The lowest BCUT2D eigenvalue weighted by molar-refractivity contribution is 0.211. The molecule has 1 aromatic carbocycles. The molecule has 1 aromatic heterocycles. The zero-order valence-electron chi connectivity index (χ0n) is 13.4. The van der Waals surface area contributed by atoms with Gasteiger partial charge < -0.3 is 5.32 Å². The molecule has 3 rings (SSSR count). The number of aryl methyl sites for hydroxylation is 1. The van der Waals surface area contributed by atoms with Gasteiger partial charge in [0.1, 0.15) is 6.07 Å². The van der Waals surface area contributed by atoms with Crippen LogP contribution in [0.2, 0.25) is 0 Å². The van der Waals surface area contributed by atoms with Gasteiger partial charge in [-0.2, -0.15) is 5.26 Å². The van der Waals surface area contributed by atoms with Crippen LogP contribution in [-0.4, -0.2) is 34.0 Å². The van der Waals surface area contributed by atoms with Crippen molar-refractivity contribution in [2.24, 2.45) is 0 Å². The van der Waals surface area contributed by atoms with E-state index in [1.165, 1.54) is 11.1 Å². The number of piperidine rings is 1. The van der Waals surface area contributed by atoms with Crippen LogP contribution in [0.1, 0.15) is 29.7 Å². The normalized spacial score (nSPS) is 16.0. The van der Waals surface area contributed by atoms with E-state index >= 15 is 0 Å². The van der Waals surface area contributed by atoms with Crippen LogP contribution in [0, 0.1) is 18.3 Å². The lowest BCUT2D eigenvalue weighted by Gasteiger charge is -2.32. The Morgan fingerprint density at radius 1 is 1.26 bits per heavy atom. The maximum Gasteiger partial charge on any atom is 0.182 e. The van der Waals surface area contributed by atoms with Gasteiger partial charge in [0.15, 0.2) is 11.5 Å². The van der Waals surface area contributed by atoms with Gasteiger partial charge in [0.2, 0.25) is 0 Å². The molecule has 0 bridgehead atoms. The molecule has 0 amide bonds. The Labute approximate surface area is 137 Å². The second kappa shape index (κ2) is 7.21. The zero-order valence-corrected chi connectivity index (χ0v) is 13.4. The number of benzene rings is 1. The third-order valence-corrected chi connectivity index (χ3v) is 4.22. The molecule has 5 heteroatoms. The number of hydrogen-bond acceptors (Lipinski definition) is 5. The minimum Gasteiger partial charge on any atom is -0.365 e. The number of aromatic nitrogens is 2. The molecule has 1 aliphatic rings. The smallest absolute Gasteiger partial charge is 0.182 e. The molecule has 1 aliphatic heterocycles. The Hall–Kier alpha value is -2.45. The minimum absolute atomic E-state index is 0.354. The average Bonchev–Trinajstić information content (AvgIpc) is 2.57. The SMILES string of the molecule is Cc1cccc(CN2CCC(Nc3nccnc3C#N)CC2)c1. The first-order valence-electron chi connectivity index (χ1n) is 8.00. The Morgan fingerprint density at radius 2 is 2.04 bits per heavy atom. The topological polar surface area (TPSA) is 64.8 Å². The van der Waals surface area contributed by atoms with Crippen molar-refractivity contribution in [3.63, 3.8) is 0 Å². The highest BCUT2D eigenvalue weighted by Crippen LogP contribution is 2.18. The highest BCUT2D eigenvalue weighted by Gasteiger charge is 2.20. The van der Waals surface area contributed by atoms with Crippen LogP contribution in [0.25, 0.3) is 0 Å². The van der Waals surface area contributed by atoms with E-state index < -0.39 is 0 Å². The largest absolute Gasteiger partial charge is 0.365 e. The van der Waals surface area contributed by atoms with Crippen LogP contribution in [0.4, 0.5) is 5.82 Å². The fourth-order valence-electron chi connectivity index (χ4n) is 3.02. The second-order valence-corrected chi connectivity index (χ2v) is 6.05. The summed E-state index contributed by atoms with van der Waals surface area (Å²) in [7, 11) is 0. The van der Waals surface area contributed by atoms with Gasteiger partial charge in [-0.3, -0.25) is 4.90 Å². The summed E-state index contributed by atoms with van der Waals surface area (Å²) in [5.74, 6) is 0.604. The molecule has 23 heavy (non-hydrogen) atoms. The van der Waals surface area contributed by atoms with Crippen LogP contribution in [-0.2, 0) is 6.54 Å². The summed E-state index contributed by atoms with van der Waals surface area (Å²) in [6, 6.07) is 11.1. The van der Waals surface area contributed by atoms with Gasteiger partial charge in [0.25, 0.3) is 0 Å². The molecular weight excluding hydrogens is 286 g/mol. The first-order chi connectivity index (χ1) is 11.2. The number of nitrogens with one attached hydrogen (secondary N) is 1. The molecule has 0 saturated carbocycles. The molecule has 0 radical (unpaired) electrons. The molecule has 1 fully saturated rings. The van der Waals surface area contributed by atoms with Crippen LogP contribution >= 0.6 is 0 Å². The summed E-state index contributed by atoms with van der Waals surface area (Å²) in [4.78, 5) is 10.8. The molecular formula is C18H21N5. The Morgan fingerprint density at radius 3 is 2.78 bits per heavy atom. The quantitative estimate of drug-likeness (QED) is 0.941. The number of anilines is 1. The van der Waals surface area contributed by atoms with Crippen molar-refractivity contribution in [2.75, 3.05) is 18.4 Å². The maximum absolute atomic E-state index is 9.08. The number of nitriles is 1. The Balaban J connectivity index is 1.53. The van der Waals surface area contributed by atoms with Gasteiger partial charge in [-0.1, -0.05) is 29.8 Å². The van der Waals surface area contributed by atoms with Crippen molar-refractivity contribution in [1.29, 1.82) is 5.26 Å². The van der Waals surface area contributed by atoms with Crippen LogP contribution in [0.5, 0.6) is 0 Å². The molecule has 0 spiro atoms. The highest BCUT2D eigenvalue weighted by molar-refractivity contribution is 5.47. The van der Waals surface area contributed by atoms with E-state index in [1.807, 2.05) is 0 Å². The summed E-state index contributed by atoms with van der Waals surface area (Å²) >= 11 is 0. The van der Waals surface area contributed by atoms with E-state index in [-0.39, 0.29) is 0 Å². The lowest BCUT2D eigenvalue weighted by atomic mass is 10.0. The fourth-order valence-corrected chi connectivity index (χ4v) is 3.02. The van der Waals surface area contributed by atoms with Gasteiger partial charge in [0.05, 0.1) is 0 Å². The van der Waals surface area contributed by atoms with E-state index in [0.717, 1.165) is 32.5 Å². The average molecular weight is 307 g/mol. The first kappa shape index (κ1) is 15.4. The number of hydrogen-bond donors (Lipinski definition) is 1. The second-order valence-electron chi connectivity index (χ2n) is 6.05. The third kappa shape index (κ3) is 4.05. The molecule has 118 valence electrons. The fraction of sp³-hybridized carbons (Fsp3) is 0.389. The van der Waals surface area contributed by atoms with Crippen LogP contribution in [0.15, 0.2) is 36.7 Å². The van der Waals surface area contributed by atoms with Crippen LogP contribution < -0.4 is 5.32 Å². The van der Waals surface area contributed by atoms with E-state index in [0.29, 0.717) is 17.6 Å². The Bertz CT molecular complexity index is 699. The number of rotatable bonds is 4. The number of nitrogens with zero attached hydrogens (tertiary/aromatic N) is 4. The molecule has 1 N–H and O–H groups in total. The molecule has 0 atom stereocenters. The van der Waals surface area contributed by atoms with Gasteiger partial charge in [0, 0.05) is 38.1 Å². The zero-order chi connectivity index (χ0) is 16.1. The van der Waals surface area contributed by atoms with Gasteiger partial charge >= 0.3 is 0 Å². The predicted octanol–water partition coefficient (Wildman–Crippen LogP) is 2.73. The molecule has 0 unspecified atom stereocenters.